The fourth-order valence-electron chi connectivity index (χ4n) is 2.55. The number of aliphatic hydroxyl groups excluding tert-OH is 1. The van der Waals surface area contributed by atoms with Crippen LogP contribution in [0.25, 0.3) is 5.78 Å². The minimum atomic E-state index is -0.522. The largest absolute Gasteiger partial charge is 0.389 e. The predicted octanol–water partition coefficient (Wildman–Crippen LogP) is 1.64. The van der Waals surface area contributed by atoms with Gasteiger partial charge in [-0.15, -0.1) is 0 Å². The molecule has 0 saturated heterocycles. The average Bonchev–Trinajstić information content (AvgIpc) is 3.01. The summed E-state index contributed by atoms with van der Waals surface area (Å²) in [6.45, 7) is 4.55. The first-order chi connectivity index (χ1) is 11.6. The van der Waals surface area contributed by atoms with E-state index in [4.69, 9.17) is 4.74 Å². The van der Waals surface area contributed by atoms with Gasteiger partial charge in [-0.1, -0.05) is 6.07 Å². The third-order valence-corrected chi connectivity index (χ3v) is 3.68. The van der Waals surface area contributed by atoms with Gasteiger partial charge in [0.2, 0.25) is 0 Å². The summed E-state index contributed by atoms with van der Waals surface area (Å²) in [6, 6.07) is 5.68. The van der Waals surface area contributed by atoms with Gasteiger partial charge in [0.05, 0.1) is 30.6 Å². The first-order valence-corrected chi connectivity index (χ1v) is 7.65. The Kier molecular flexibility index (Phi) is 4.68. The highest BCUT2D eigenvalue weighted by molar-refractivity contribution is 5.45. The summed E-state index contributed by atoms with van der Waals surface area (Å²) in [7, 11) is 1.62. The number of pyridine rings is 1. The zero-order valence-corrected chi connectivity index (χ0v) is 13.9. The number of aromatic nitrogens is 5. The van der Waals surface area contributed by atoms with Crippen molar-refractivity contribution in [3.8, 4) is 0 Å². The molecule has 3 aromatic rings. The molecule has 0 radical (unpaired) electrons. The van der Waals surface area contributed by atoms with Crippen LogP contribution >= 0.6 is 0 Å². The number of rotatable bonds is 6. The molecule has 0 saturated carbocycles. The Morgan fingerprint density at radius 2 is 2.12 bits per heavy atom. The molecule has 3 rings (SSSR count). The normalized spacial score (nSPS) is 12.5. The van der Waals surface area contributed by atoms with Gasteiger partial charge in [0.25, 0.3) is 5.78 Å². The zero-order chi connectivity index (χ0) is 17.1. The van der Waals surface area contributed by atoms with Gasteiger partial charge in [-0.05, 0) is 19.9 Å². The molecule has 0 aliphatic rings. The van der Waals surface area contributed by atoms with Crippen LogP contribution in [0.1, 0.15) is 35.7 Å². The summed E-state index contributed by atoms with van der Waals surface area (Å²) in [6.07, 6.45) is 0.940. The maximum absolute atomic E-state index is 9.69. The monoisotopic (exact) mass is 328 g/mol. The molecular formula is C16H20N6O2. The fraction of sp³-hybridized carbons (Fsp3) is 0.375. The van der Waals surface area contributed by atoms with Crippen LogP contribution in [0, 0.1) is 6.92 Å². The Hall–Kier alpha value is -2.58. The van der Waals surface area contributed by atoms with E-state index in [0.29, 0.717) is 18.9 Å². The molecule has 8 heteroatoms. The topological polar surface area (TPSA) is 97.5 Å². The highest BCUT2D eigenvalue weighted by atomic mass is 16.5. The Morgan fingerprint density at radius 1 is 1.29 bits per heavy atom. The second kappa shape index (κ2) is 6.90. The first kappa shape index (κ1) is 16.3. The van der Waals surface area contributed by atoms with Crippen LogP contribution in [0.4, 0.5) is 5.82 Å². The van der Waals surface area contributed by atoms with Crippen molar-refractivity contribution in [3.05, 3.63) is 47.2 Å². The number of aliphatic hydroxyl groups is 1. The van der Waals surface area contributed by atoms with E-state index >= 15 is 0 Å². The third kappa shape index (κ3) is 3.34. The lowest BCUT2D eigenvalue weighted by molar-refractivity contribution is 0.181. The molecule has 0 amide bonds. The highest BCUT2D eigenvalue weighted by Gasteiger charge is 2.09. The summed E-state index contributed by atoms with van der Waals surface area (Å²) in [5.74, 6) is 1.28. The molecule has 3 aromatic heterocycles. The quantitative estimate of drug-likeness (QED) is 0.710. The van der Waals surface area contributed by atoms with Crippen LogP contribution in [-0.2, 0) is 17.9 Å². The Labute approximate surface area is 139 Å². The van der Waals surface area contributed by atoms with Gasteiger partial charge < -0.3 is 15.2 Å². The summed E-state index contributed by atoms with van der Waals surface area (Å²) in [5.41, 5.74) is 3.30. The Balaban J connectivity index is 1.82. The SMILES string of the molecule is COCc1cc(NCc2ccc([C@@H](C)O)c(C)n2)n2ncnc2n1. The van der Waals surface area contributed by atoms with Gasteiger partial charge in [-0.3, -0.25) is 4.98 Å². The van der Waals surface area contributed by atoms with Crippen LogP contribution in [0.5, 0.6) is 0 Å². The second-order valence-corrected chi connectivity index (χ2v) is 5.54. The number of nitrogens with one attached hydrogen (secondary N) is 1. The van der Waals surface area contributed by atoms with Crippen molar-refractivity contribution in [3.63, 3.8) is 0 Å². The second-order valence-electron chi connectivity index (χ2n) is 5.54. The maximum Gasteiger partial charge on any atom is 0.254 e. The van der Waals surface area contributed by atoms with Crippen LogP contribution in [-0.4, -0.2) is 36.8 Å². The molecule has 1 atom stereocenters. The van der Waals surface area contributed by atoms with E-state index in [-0.39, 0.29) is 0 Å². The zero-order valence-electron chi connectivity index (χ0n) is 13.9. The summed E-state index contributed by atoms with van der Waals surface area (Å²) in [4.78, 5) is 13.0. The lowest BCUT2D eigenvalue weighted by Gasteiger charge is -2.12. The van der Waals surface area contributed by atoms with Gasteiger partial charge in [-0.2, -0.15) is 14.6 Å². The summed E-state index contributed by atoms with van der Waals surface area (Å²) in [5, 5.41) is 17.2. The Morgan fingerprint density at radius 3 is 2.83 bits per heavy atom. The van der Waals surface area contributed by atoms with Gasteiger partial charge in [0.15, 0.2) is 0 Å². The van der Waals surface area contributed by atoms with Crippen LogP contribution in [0.15, 0.2) is 24.5 Å². The number of ether oxygens (including phenoxy) is 1. The van der Waals surface area contributed by atoms with E-state index in [2.05, 4.69) is 25.4 Å². The van der Waals surface area contributed by atoms with Crippen molar-refractivity contribution in [1.29, 1.82) is 0 Å². The van der Waals surface area contributed by atoms with Crippen molar-refractivity contribution in [2.24, 2.45) is 0 Å². The van der Waals surface area contributed by atoms with E-state index in [9.17, 15) is 5.11 Å². The average molecular weight is 328 g/mol. The van der Waals surface area contributed by atoms with Crippen molar-refractivity contribution >= 4 is 11.6 Å². The summed E-state index contributed by atoms with van der Waals surface area (Å²) < 4.78 is 6.77. The molecule has 24 heavy (non-hydrogen) atoms. The lowest BCUT2D eigenvalue weighted by Crippen LogP contribution is -2.10. The maximum atomic E-state index is 9.69. The summed E-state index contributed by atoms with van der Waals surface area (Å²) >= 11 is 0. The fourth-order valence-corrected chi connectivity index (χ4v) is 2.55. The lowest BCUT2D eigenvalue weighted by atomic mass is 10.1. The number of hydrogen-bond acceptors (Lipinski definition) is 7. The molecule has 3 heterocycles. The smallest absolute Gasteiger partial charge is 0.254 e. The molecule has 0 aliphatic heterocycles. The molecule has 0 aliphatic carbocycles. The molecular weight excluding hydrogens is 308 g/mol. The van der Waals surface area contributed by atoms with Crippen molar-refractivity contribution in [2.45, 2.75) is 33.1 Å². The van der Waals surface area contributed by atoms with Crippen molar-refractivity contribution < 1.29 is 9.84 Å². The van der Waals surface area contributed by atoms with Crippen LogP contribution < -0.4 is 5.32 Å². The number of nitrogens with zero attached hydrogens (tertiary/aromatic N) is 5. The van der Waals surface area contributed by atoms with E-state index in [1.54, 1.807) is 18.5 Å². The van der Waals surface area contributed by atoms with Gasteiger partial charge in [-0.25, -0.2) is 4.98 Å². The van der Waals surface area contributed by atoms with E-state index in [1.165, 1.54) is 6.33 Å². The molecule has 0 fully saturated rings. The first-order valence-electron chi connectivity index (χ1n) is 7.65. The van der Waals surface area contributed by atoms with E-state index in [0.717, 1.165) is 28.5 Å². The number of methoxy groups -OCH3 is 1. The van der Waals surface area contributed by atoms with E-state index < -0.39 is 6.10 Å². The van der Waals surface area contributed by atoms with Crippen LogP contribution in [0.2, 0.25) is 0 Å². The number of anilines is 1. The standard InChI is InChI=1S/C16H20N6O2/c1-10-14(11(2)23)5-4-12(20-10)7-17-15-6-13(8-24-3)21-16-18-9-19-22(15)16/h4-6,9,11,17,23H,7-8H2,1-3H3/t11-/m1/s1. The molecule has 0 spiro atoms. The molecule has 0 unspecified atom stereocenters. The number of hydrogen-bond donors (Lipinski definition) is 2. The third-order valence-electron chi connectivity index (χ3n) is 3.68. The van der Waals surface area contributed by atoms with Gasteiger partial charge >= 0.3 is 0 Å². The highest BCUT2D eigenvalue weighted by Crippen LogP contribution is 2.17. The minimum Gasteiger partial charge on any atom is -0.389 e. The molecule has 8 nitrogen and oxygen atoms in total. The van der Waals surface area contributed by atoms with Gasteiger partial charge in [0, 0.05) is 24.4 Å². The Bertz CT molecular complexity index is 846. The molecule has 2 N–H and O–H groups in total. The van der Waals surface area contributed by atoms with Crippen molar-refractivity contribution in [1.82, 2.24) is 24.6 Å². The molecule has 0 bridgehead atoms. The van der Waals surface area contributed by atoms with Crippen molar-refractivity contribution in [2.75, 3.05) is 12.4 Å². The molecule has 126 valence electrons. The number of aryl methyl sites for hydroxylation is 1. The van der Waals surface area contributed by atoms with E-state index in [1.807, 2.05) is 25.1 Å². The number of fused-ring (bicyclic) bond motifs is 1. The molecule has 0 aromatic carbocycles. The predicted molar refractivity (Wildman–Crippen MR) is 88.4 cm³/mol. The minimum absolute atomic E-state index is 0.401. The van der Waals surface area contributed by atoms with Crippen LogP contribution in [0.3, 0.4) is 0 Å². The van der Waals surface area contributed by atoms with Gasteiger partial charge in [0.1, 0.15) is 12.1 Å².